The number of esters is 1. The van der Waals surface area contributed by atoms with Gasteiger partial charge in [-0.2, -0.15) is 0 Å². The molecule has 0 saturated carbocycles. The first-order chi connectivity index (χ1) is 10.5. The highest BCUT2D eigenvalue weighted by Gasteiger charge is 2.12. The van der Waals surface area contributed by atoms with E-state index in [-0.39, 0.29) is 24.4 Å². The summed E-state index contributed by atoms with van der Waals surface area (Å²) in [6.07, 6.45) is 3.66. The molecule has 1 aliphatic rings. The first-order valence-corrected chi connectivity index (χ1v) is 8.74. The van der Waals surface area contributed by atoms with Crippen molar-refractivity contribution in [2.75, 3.05) is 12.3 Å². The number of thioether (sulfide) groups is 1. The number of nitrogens with one attached hydrogen (secondary N) is 1. The van der Waals surface area contributed by atoms with E-state index in [1.54, 1.807) is 0 Å². The van der Waals surface area contributed by atoms with Crippen LogP contribution >= 0.6 is 11.8 Å². The summed E-state index contributed by atoms with van der Waals surface area (Å²) in [6.45, 7) is 3.95. The Bertz CT molecular complexity index is 543. The van der Waals surface area contributed by atoms with Crippen LogP contribution in [0.5, 0.6) is 0 Å². The molecule has 0 spiro atoms. The molecule has 120 valence electrons. The Labute approximate surface area is 136 Å². The van der Waals surface area contributed by atoms with Gasteiger partial charge in [-0.1, -0.05) is 6.07 Å². The number of rotatable bonds is 7. The van der Waals surface area contributed by atoms with Crippen LogP contribution in [0.2, 0.25) is 0 Å². The summed E-state index contributed by atoms with van der Waals surface area (Å²) in [5, 5.41) is 2.75. The number of hydrogen-bond acceptors (Lipinski definition) is 4. The van der Waals surface area contributed by atoms with Crippen molar-refractivity contribution < 1.29 is 14.3 Å². The second-order valence-corrected chi connectivity index (χ2v) is 6.76. The van der Waals surface area contributed by atoms with Crippen molar-refractivity contribution >= 4 is 23.6 Å². The van der Waals surface area contributed by atoms with E-state index in [9.17, 15) is 9.59 Å². The predicted octanol–water partition coefficient (Wildman–Crippen LogP) is 2.73. The molecular weight excluding hydrogens is 298 g/mol. The Balaban J connectivity index is 1.66. The summed E-state index contributed by atoms with van der Waals surface area (Å²) in [5.41, 5.74) is 2.86. The van der Waals surface area contributed by atoms with Crippen molar-refractivity contribution in [1.82, 2.24) is 5.32 Å². The van der Waals surface area contributed by atoms with Crippen molar-refractivity contribution in [3.8, 4) is 0 Å². The molecule has 1 N–H and O–H groups in total. The molecule has 1 aromatic rings. The lowest BCUT2D eigenvalue weighted by Crippen LogP contribution is -2.28. The van der Waals surface area contributed by atoms with Crippen LogP contribution in [0.3, 0.4) is 0 Å². The van der Waals surface area contributed by atoms with Crippen LogP contribution in [0, 0.1) is 0 Å². The number of carbonyl (C=O) groups excluding carboxylic acids is 2. The zero-order chi connectivity index (χ0) is 15.9. The van der Waals surface area contributed by atoms with Gasteiger partial charge in [-0.25, -0.2) is 0 Å². The fourth-order valence-corrected chi connectivity index (χ4v) is 3.25. The average Bonchev–Trinajstić information content (AvgIpc) is 2.91. The molecule has 2 rings (SSSR count). The van der Waals surface area contributed by atoms with Gasteiger partial charge in [-0.15, -0.1) is 11.8 Å². The molecule has 0 atom stereocenters. The van der Waals surface area contributed by atoms with Crippen molar-refractivity contribution in [2.45, 2.75) is 50.5 Å². The fourth-order valence-electron chi connectivity index (χ4n) is 2.46. The monoisotopic (exact) mass is 321 g/mol. The van der Waals surface area contributed by atoms with Crippen LogP contribution in [0.15, 0.2) is 23.1 Å². The van der Waals surface area contributed by atoms with E-state index >= 15 is 0 Å². The lowest BCUT2D eigenvalue weighted by atomic mass is 10.1. The normalized spacial score (nSPS) is 13.0. The van der Waals surface area contributed by atoms with Gasteiger partial charge in [0.25, 0.3) is 0 Å². The molecule has 22 heavy (non-hydrogen) atoms. The molecule has 0 aromatic heterocycles. The van der Waals surface area contributed by atoms with Crippen LogP contribution in [-0.4, -0.2) is 30.3 Å². The van der Waals surface area contributed by atoms with Gasteiger partial charge in [0.05, 0.1) is 18.3 Å². The van der Waals surface area contributed by atoms with Crippen LogP contribution in [0.25, 0.3) is 0 Å². The number of ether oxygens (including phenoxy) is 1. The number of aryl methyl sites for hydroxylation is 2. The maximum Gasteiger partial charge on any atom is 0.307 e. The van der Waals surface area contributed by atoms with Crippen molar-refractivity contribution in [3.63, 3.8) is 0 Å². The van der Waals surface area contributed by atoms with Gasteiger partial charge in [0.15, 0.2) is 0 Å². The third kappa shape index (κ3) is 5.37. The van der Waals surface area contributed by atoms with Crippen molar-refractivity contribution in [1.29, 1.82) is 0 Å². The smallest absolute Gasteiger partial charge is 0.307 e. The maximum absolute atomic E-state index is 11.8. The summed E-state index contributed by atoms with van der Waals surface area (Å²) in [6, 6.07) is 6.45. The number of amides is 1. The zero-order valence-corrected chi connectivity index (χ0v) is 14.0. The first kappa shape index (κ1) is 16.9. The Morgan fingerprint density at radius 3 is 2.82 bits per heavy atom. The van der Waals surface area contributed by atoms with Gasteiger partial charge in [0.2, 0.25) is 5.91 Å². The number of hydrogen-bond donors (Lipinski definition) is 1. The molecule has 0 unspecified atom stereocenters. The topological polar surface area (TPSA) is 55.4 Å². The second kappa shape index (κ2) is 8.22. The van der Waals surface area contributed by atoms with Gasteiger partial charge < -0.3 is 10.1 Å². The Kier molecular flexibility index (Phi) is 6.31. The third-order valence-electron chi connectivity index (χ3n) is 3.46. The minimum absolute atomic E-state index is 0.0529. The van der Waals surface area contributed by atoms with Crippen LogP contribution in [0.4, 0.5) is 0 Å². The molecule has 1 aliphatic carbocycles. The summed E-state index contributed by atoms with van der Waals surface area (Å²) in [5.74, 6) is 0.0438. The highest BCUT2D eigenvalue weighted by atomic mass is 32.2. The molecule has 1 aromatic carbocycles. The van der Waals surface area contributed by atoms with Gasteiger partial charge in [-0.3, -0.25) is 9.59 Å². The van der Waals surface area contributed by atoms with E-state index in [2.05, 4.69) is 23.5 Å². The van der Waals surface area contributed by atoms with Crippen molar-refractivity contribution in [3.05, 3.63) is 29.3 Å². The molecule has 4 nitrogen and oxygen atoms in total. The van der Waals surface area contributed by atoms with E-state index < -0.39 is 0 Å². The Hall–Kier alpha value is -1.49. The second-order valence-electron chi connectivity index (χ2n) is 5.71. The quantitative estimate of drug-likeness (QED) is 0.620. The van der Waals surface area contributed by atoms with E-state index in [4.69, 9.17) is 4.74 Å². The van der Waals surface area contributed by atoms with Gasteiger partial charge in [-0.05, 0) is 56.4 Å². The summed E-state index contributed by atoms with van der Waals surface area (Å²) in [7, 11) is 0. The lowest BCUT2D eigenvalue weighted by molar-refractivity contribution is -0.147. The standard InChI is InChI=1S/C17H23NO3S/c1-12(2)21-17(20)8-9-18-16(19)11-22-15-7-6-13-4-3-5-14(13)10-15/h6-7,10,12H,3-5,8-9,11H2,1-2H3,(H,18,19). The number of fused-ring (bicyclic) bond motifs is 1. The van der Waals surface area contributed by atoms with Crippen LogP contribution in [0.1, 0.15) is 37.8 Å². The zero-order valence-electron chi connectivity index (χ0n) is 13.2. The first-order valence-electron chi connectivity index (χ1n) is 7.75. The van der Waals surface area contributed by atoms with E-state index in [0.29, 0.717) is 12.3 Å². The van der Waals surface area contributed by atoms with Gasteiger partial charge in [0, 0.05) is 11.4 Å². The van der Waals surface area contributed by atoms with Crippen LogP contribution < -0.4 is 5.32 Å². The summed E-state index contributed by atoms with van der Waals surface area (Å²) >= 11 is 1.54. The lowest BCUT2D eigenvalue weighted by Gasteiger charge is -2.09. The minimum Gasteiger partial charge on any atom is -0.463 e. The highest BCUT2D eigenvalue weighted by Crippen LogP contribution is 2.27. The average molecular weight is 321 g/mol. The van der Waals surface area contributed by atoms with Crippen molar-refractivity contribution in [2.24, 2.45) is 0 Å². The molecular formula is C17H23NO3S. The third-order valence-corrected chi connectivity index (χ3v) is 4.45. The molecule has 0 radical (unpaired) electrons. The SMILES string of the molecule is CC(C)OC(=O)CCNC(=O)CSc1ccc2c(c1)CCC2. The van der Waals surface area contributed by atoms with E-state index in [1.807, 2.05) is 13.8 Å². The van der Waals surface area contributed by atoms with Gasteiger partial charge >= 0.3 is 5.97 Å². The number of carbonyl (C=O) groups is 2. The number of benzene rings is 1. The van der Waals surface area contributed by atoms with E-state index in [1.165, 1.54) is 35.7 Å². The molecule has 5 heteroatoms. The largest absolute Gasteiger partial charge is 0.463 e. The Morgan fingerprint density at radius 1 is 1.27 bits per heavy atom. The Morgan fingerprint density at radius 2 is 2.05 bits per heavy atom. The van der Waals surface area contributed by atoms with Crippen LogP contribution in [-0.2, 0) is 27.2 Å². The highest BCUT2D eigenvalue weighted by molar-refractivity contribution is 8.00. The maximum atomic E-state index is 11.8. The fraction of sp³-hybridized carbons (Fsp3) is 0.529. The van der Waals surface area contributed by atoms with E-state index in [0.717, 1.165) is 11.3 Å². The molecule has 0 heterocycles. The molecule has 1 amide bonds. The molecule has 0 bridgehead atoms. The molecule has 0 fully saturated rings. The van der Waals surface area contributed by atoms with Gasteiger partial charge in [0.1, 0.15) is 0 Å². The summed E-state index contributed by atoms with van der Waals surface area (Å²) < 4.78 is 5.01. The molecule has 0 aliphatic heterocycles. The summed E-state index contributed by atoms with van der Waals surface area (Å²) in [4.78, 5) is 24.2. The molecule has 0 saturated heterocycles. The minimum atomic E-state index is -0.276. The predicted molar refractivity (Wildman–Crippen MR) is 88.0 cm³/mol.